The van der Waals surface area contributed by atoms with Crippen molar-refractivity contribution in [3.8, 4) is 5.75 Å². The van der Waals surface area contributed by atoms with Crippen LogP contribution in [0.3, 0.4) is 0 Å². The number of phenols is 1. The number of aliphatic hydroxyl groups excluding tert-OH is 1. The zero-order chi connectivity index (χ0) is 27.4. The molecule has 0 aliphatic carbocycles. The van der Waals surface area contributed by atoms with Crippen molar-refractivity contribution in [3.05, 3.63) is 29.8 Å². The molecule has 0 aliphatic rings. The molecule has 1 rings (SSSR count). The Morgan fingerprint density at radius 1 is 0.917 bits per heavy atom. The van der Waals surface area contributed by atoms with E-state index in [1.165, 1.54) is 24.3 Å². The standard InChI is InChI=1S/C23H35N5O8/c1-3-12(2)19(25)22(34)28-17(11-29)21(33)27-16(10-13-4-6-14(30)7-5-13)20(32)26-15(23(35)36)8-9-18(24)31/h4-7,12,15-17,19,29-30H,3,8-11,25H2,1-2H3,(H2,24,31)(H,26,32)(H,27,33)(H,28,34)(H,35,36). The van der Waals surface area contributed by atoms with E-state index in [-0.39, 0.29) is 30.9 Å². The Labute approximate surface area is 208 Å². The lowest BCUT2D eigenvalue weighted by molar-refractivity contribution is -0.142. The number of rotatable bonds is 15. The molecule has 0 bridgehead atoms. The average molecular weight is 510 g/mol. The lowest BCUT2D eigenvalue weighted by Crippen LogP contribution is -2.59. The van der Waals surface area contributed by atoms with Gasteiger partial charge in [-0.15, -0.1) is 0 Å². The average Bonchev–Trinajstić information content (AvgIpc) is 2.84. The van der Waals surface area contributed by atoms with Crippen molar-refractivity contribution in [1.29, 1.82) is 0 Å². The zero-order valence-corrected chi connectivity index (χ0v) is 20.3. The summed E-state index contributed by atoms with van der Waals surface area (Å²) in [6.45, 7) is 2.82. The number of nitrogens with one attached hydrogen (secondary N) is 3. The minimum Gasteiger partial charge on any atom is -0.508 e. The maximum atomic E-state index is 13.0. The van der Waals surface area contributed by atoms with E-state index in [4.69, 9.17) is 11.5 Å². The first kappa shape index (κ1) is 30.3. The largest absolute Gasteiger partial charge is 0.508 e. The van der Waals surface area contributed by atoms with Crippen molar-refractivity contribution in [2.75, 3.05) is 6.61 Å². The molecule has 5 unspecified atom stereocenters. The van der Waals surface area contributed by atoms with Crippen LogP contribution >= 0.6 is 0 Å². The van der Waals surface area contributed by atoms with Gasteiger partial charge in [-0.1, -0.05) is 32.4 Å². The van der Waals surface area contributed by atoms with Gasteiger partial charge in [0.15, 0.2) is 0 Å². The van der Waals surface area contributed by atoms with Crippen LogP contribution in [0, 0.1) is 5.92 Å². The number of aromatic hydroxyl groups is 1. The van der Waals surface area contributed by atoms with Crippen LogP contribution < -0.4 is 27.4 Å². The fourth-order valence-electron chi connectivity index (χ4n) is 3.14. The van der Waals surface area contributed by atoms with Crippen LogP contribution in [-0.4, -0.2) is 75.7 Å². The minimum absolute atomic E-state index is 0.0260. The van der Waals surface area contributed by atoms with E-state index < -0.39 is 60.4 Å². The van der Waals surface area contributed by atoms with E-state index in [0.29, 0.717) is 12.0 Å². The van der Waals surface area contributed by atoms with E-state index >= 15 is 0 Å². The predicted octanol–water partition coefficient (Wildman–Crippen LogP) is -1.90. The van der Waals surface area contributed by atoms with Gasteiger partial charge in [0, 0.05) is 12.8 Å². The van der Waals surface area contributed by atoms with Gasteiger partial charge in [-0.3, -0.25) is 19.2 Å². The van der Waals surface area contributed by atoms with Gasteiger partial charge >= 0.3 is 5.97 Å². The SMILES string of the molecule is CCC(C)C(N)C(=O)NC(CO)C(=O)NC(Cc1ccc(O)cc1)C(=O)NC(CCC(N)=O)C(=O)O. The van der Waals surface area contributed by atoms with Gasteiger partial charge in [0.25, 0.3) is 0 Å². The topological polar surface area (TPSA) is 234 Å². The Balaban J connectivity index is 3.07. The molecule has 0 fully saturated rings. The summed E-state index contributed by atoms with van der Waals surface area (Å²) in [6.07, 6.45) is -0.0567. The normalized spacial score (nSPS) is 15.0. The fraction of sp³-hybridized carbons (Fsp3) is 0.522. The molecule has 1 aromatic rings. The minimum atomic E-state index is -1.45. The second-order valence-electron chi connectivity index (χ2n) is 8.49. The van der Waals surface area contributed by atoms with Crippen molar-refractivity contribution in [3.63, 3.8) is 0 Å². The van der Waals surface area contributed by atoms with E-state index in [2.05, 4.69) is 16.0 Å². The van der Waals surface area contributed by atoms with Crippen LogP contribution in [0.25, 0.3) is 0 Å². The van der Waals surface area contributed by atoms with E-state index in [1.54, 1.807) is 6.92 Å². The number of aliphatic carboxylic acids is 1. The van der Waals surface area contributed by atoms with Gasteiger partial charge in [-0.25, -0.2) is 4.79 Å². The van der Waals surface area contributed by atoms with Crippen molar-refractivity contribution < 1.29 is 39.3 Å². The van der Waals surface area contributed by atoms with E-state index in [9.17, 15) is 39.3 Å². The molecular formula is C23H35N5O8. The molecule has 1 aromatic carbocycles. The fourth-order valence-corrected chi connectivity index (χ4v) is 3.14. The summed E-state index contributed by atoms with van der Waals surface area (Å²) in [7, 11) is 0. The second kappa shape index (κ2) is 14.6. The summed E-state index contributed by atoms with van der Waals surface area (Å²) >= 11 is 0. The first-order valence-electron chi connectivity index (χ1n) is 11.5. The molecule has 5 atom stereocenters. The van der Waals surface area contributed by atoms with Crippen molar-refractivity contribution in [2.24, 2.45) is 17.4 Å². The monoisotopic (exact) mass is 509 g/mol. The molecule has 0 heterocycles. The third-order valence-electron chi connectivity index (χ3n) is 5.68. The van der Waals surface area contributed by atoms with Gasteiger partial charge in [-0.05, 0) is 30.0 Å². The number of phenolic OH excluding ortho intramolecular Hbond substituents is 1. The van der Waals surface area contributed by atoms with Crippen LogP contribution in [0.5, 0.6) is 5.75 Å². The molecule has 200 valence electrons. The number of amides is 4. The van der Waals surface area contributed by atoms with Crippen molar-refractivity contribution >= 4 is 29.6 Å². The van der Waals surface area contributed by atoms with Crippen LogP contribution in [0.4, 0.5) is 0 Å². The number of benzene rings is 1. The molecule has 13 heteroatoms. The Hall–Kier alpha value is -3.71. The first-order valence-corrected chi connectivity index (χ1v) is 11.5. The predicted molar refractivity (Wildman–Crippen MR) is 128 cm³/mol. The molecule has 0 saturated carbocycles. The number of carboxylic acid groups (broad SMARTS) is 1. The number of primary amides is 1. The number of carbonyl (C=O) groups is 5. The molecule has 0 radical (unpaired) electrons. The number of nitrogens with two attached hydrogens (primary N) is 2. The molecule has 0 aromatic heterocycles. The van der Waals surface area contributed by atoms with Gasteiger partial charge in [0.2, 0.25) is 23.6 Å². The second-order valence-corrected chi connectivity index (χ2v) is 8.49. The summed E-state index contributed by atoms with van der Waals surface area (Å²) < 4.78 is 0. The highest BCUT2D eigenvalue weighted by Gasteiger charge is 2.31. The Morgan fingerprint density at radius 2 is 1.44 bits per heavy atom. The number of carbonyl (C=O) groups excluding carboxylic acids is 4. The summed E-state index contributed by atoms with van der Waals surface area (Å²) in [6, 6.07) is 0.609. The number of carboxylic acids is 1. The highest BCUT2D eigenvalue weighted by molar-refractivity contribution is 5.94. The van der Waals surface area contributed by atoms with E-state index in [0.717, 1.165) is 0 Å². The molecule has 0 aliphatic heterocycles. The molecule has 10 N–H and O–H groups in total. The number of hydrogen-bond donors (Lipinski definition) is 8. The summed E-state index contributed by atoms with van der Waals surface area (Å²) in [5.74, 6) is -4.80. The van der Waals surface area contributed by atoms with Gasteiger partial charge in [0.05, 0.1) is 12.6 Å². The third kappa shape index (κ3) is 9.88. The smallest absolute Gasteiger partial charge is 0.326 e. The Bertz CT molecular complexity index is 924. The highest BCUT2D eigenvalue weighted by Crippen LogP contribution is 2.12. The Morgan fingerprint density at radius 3 is 1.94 bits per heavy atom. The number of aliphatic hydroxyl groups is 1. The third-order valence-corrected chi connectivity index (χ3v) is 5.68. The highest BCUT2D eigenvalue weighted by atomic mass is 16.4. The van der Waals surface area contributed by atoms with Crippen LogP contribution in [0.15, 0.2) is 24.3 Å². The summed E-state index contributed by atoms with van der Waals surface area (Å²) in [5.41, 5.74) is 11.4. The molecule has 0 saturated heterocycles. The lowest BCUT2D eigenvalue weighted by Gasteiger charge is -2.25. The molecule has 4 amide bonds. The molecular weight excluding hydrogens is 474 g/mol. The summed E-state index contributed by atoms with van der Waals surface area (Å²) in [4.78, 5) is 60.7. The van der Waals surface area contributed by atoms with Crippen LogP contribution in [0.2, 0.25) is 0 Å². The number of hydrogen-bond acceptors (Lipinski definition) is 8. The van der Waals surface area contributed by atoms with Gasteiger partial charge in [0.1, 0.15) is 23.9 Å². The first-order chi connectivity index (χ1) is 16.9. The van der Waals surface area contributed by atoms with Crippen LogP contribution in [0.1, 0.15) is 38.7 Å². The maximum Gasteiger partial charge on any atom is 0.326 e. The van der Waals surface area contributed by atoms with Crippen LogP contribution in [-0.2, 0) is 30.4 Å². The molecule has 36 heavy (non-hydrogen) atoms. The maximum absolute atomic E-state index is 13.0. The quantitative estimate of drug-likeness (QED) is 0.132. The summed E-state index contributed by atoms with van der Waals surface area (Å²) in [5, 5.41) is 35.6. The molecule has 0 spiro atoms. The van der Waals surface area contributed by atoms with E-state index in [1.807, 2.05) is 6.92 Å². The van der Waals surface area contributed by atoms with Crippen molar-refractivity contribution in [2.45, 2.75) is 63.7 Å². The van der Waals surface area contributed by atoms with Gasteiger partial charge in [-0.2, -0.15) is 0 Å². The van der Waals surface area contributed by atoms with Gasteiger partial charge < -0.3 is 42.7 Å². The zero-order valence-electron chi connectivity index (χ0n) is 20.3. The lowest BCUT2D eigenvalue weighted by atomic mass is 9.99. The Kier molecular flexibility index (Phi) is 12.3. The van der Waals surface area contributed by atoms with Crippen molar-refractivity contribution in [1.82, 2.24) is 16.0 Å². The molecule has 13 nitrogen and oxygen atoms in total.